The highest BCUT2D eigenvalue weighted by molar-refractivity contribution is 5.92. The predicted octanol–water partition coefficient (Wildman–Crippen LogP) is 2.18. The molecule has 2 bridgehead atoms. The summed E-state index contributed by atoms with van der Waals surface area (Å²) in [5.41, 5.74) is 17.7. The van der Waals surface area contributed by atoms with E-state index in [0.29, 0.717) is 24.0 Å². The molecule has 0 aromatic heterocycles. The number of guanidine groups is 1. The van der Waals surface area contributed by atoms with Crippen molar-refractivity contribution in [3.05, 3.63) is 41.0 Å². The first-order valence-electron chi connectivity index (χ1n) is 10.0. The fourth-order valence-corrected chi connectivity index (χ4v) is 5.80. The topological polar surface area (TPSA) is 79.7 Å². The van der Waals surface area contributed by atoms with Gasteiger partial charge in [0.05, 0.1) is 5.70 Å². The maximum Gasteiger partial charge on any atom is 0.195 e. The van der Waals surface area contributed by atoms with Gasteiger partial charge in [0.1, 0.15) is 5.66 Å². The Labute approximate surface area is 155 Å². The number of nitrogens with one attached hydrogen (secondary N) is 1. The van der Waals surface area contributed by atoms with Gasteiger partial charge in [-0.3, -0.25) is 0 Å². The molecule has 5 nitrogen and oxygen atoms in total. The van der Waals surface area contributed by atoms with Crippen molar-refractivity contribution in [1.82, 2.24) is 10.2 Å². The average Bonchev–Trinajstić information content (AvgIpc) is 2.83. The standard InChI is InChI=1S/C21H29N5/c1-26-15-9-10-16(26)12-14(11-15)21(23)18-8-4-6-13-5-2-3-7-17(13)19(18)24-20(22)25-21/h2-3,5,7,14-16H,4,6,8-12,23H2,1H3,(H3,22,24,25)/t14?,15-,16+,21?. The van der Waals surface area contributed by atoms with Crippen molar-refractivity contribution in [2.45, 2.75) is 62.7 Å². The van der Waals surface area contributed by atoms with Crippen LogP contribution in [0.2, 0.25) is 0 Å². The quantitative estimate of drug-likeness (QED) is 0.724. The van der Waals surface area contributed by atoms with Crippen molar-refractivity contribution in [3.63, 3.8) is 0 Å². The van der Waals surface area contributed by atoms with Crippen LogP contribution in [0.25, 0.3) is 5.70 Å². The summed E-state index contributed by atoms with van der Waals surface area (Å²) in [7, 11) is 2.27. The molecule has 3 aliphatic heterocycles. The molecule has 0 amide bonds. The first-order chi connectivity index (χ1) is 12.6. The van der Waals surface area contributed by atoms with Crippen molar-refractivity contribution in [2.24, 2.45) is 22.4 Å². The monoisotopic (exact) mass is 351 g/mol. The highest BCUT2D eigenvalue weighted by atomic mass is 15.2. The molecule has 5 rings (SSSR count). The van der Waals surface area contributed by atoms with Gasteiger partial charge in [-0.25, -0.2) is 4.99 Å². The van der Waals surface area contributed by atoms with E-state index in [4.69, 9.17) is 16.5 Å². The van der Waals surface area contributed by atoms with Gasteiger partial charge in [-0.1, -0.05) is 24.3 Å². The number of hydrogen-bond donors (Lipinski definition) is 3. The predicted molar refractivity (Wildman–Crippen MR) is 105 cm³/mol. The van der Waals surface area contributed by atoms with Crippen LogP contribution in [0.15, 0.2) is 34.8 Å². The Morgan fingerprint density at radius 3 is 2.65 bits per heavy atom. The minimum absolute atomic E-state index is 0.368. The zero-order valence-corrected chi connectivity index (χ0v) is 15.5. The molecule has 2 unspecified atom stereocenters. The van der Waals surface area contributed by atoms with E-state index in [1.807, 2.05) is 0 Å². The lowest BCUT2D eigenvalue weighted by atomic mass is 9.75. The molecule has 2 fully saturated rings. The molecule has 4 aliphatic rings. The molecule has 1 aromatic rings. The minimum Gasteiger partial charge on any atom is -0.370 e. The van der Waals surface area contributed by atoms with Crippen LogP contribution < -0.4 is 16.8 Å². The number of aryl methyl sites for hydroxylation is 1. The highest BCUT2D eigenvalue weighted by Crippen LogP contribution is 2.47. The molecule has 3 heterocycles. The lowest BCUT2D eigenvalue weighted by molar-refractivity contribution is 0.1000. The first-order valence-corrected chi connectivity index (χ1v) is 10.0. The molecule has 2 saturated heterocycles. The van der Waals surface area contributed by atoms with E-state index in [0.717, 1.165) is 37.8 Å². The lowest BCUT2D eigenvalue weighted by Gasteiger charge is -2.46. The van der Waals surface area contributed by atoms with E-state index in [1.54, 1.807) is 0 Å². The van der Waals surface area contributed by atoms with Crippen molar-refractivity contribution in [3.8, 4) is 0 Å². The van der Waals surface area contributed by atoms with Crippen LogP contribution in [0.3, 0.4) is 0 Å². The zero-order chi connectivity index (χ0) is 17.9. The van der Waals surface area contributed by atoms with Gasteiger partial charge in [0, 0.05) is 23.6 Å². The van der Waals surface area contributed by atoms with Gasteiger partial charge in [-0.15, -0.1) is 0 Å². The van der Waals surface area contributed by atoms with Crippen LogP contribution in [0.1, 0.15) is 49.7 Å². The third-order valence-corrected chi connectivity index (χ3v) is 7.22. The number of piperidine rings is 1. The fraction of sp³-hybridized carbons (Fsp3) is 0.571. The summed E-state index contributed by atoms with van der Waals surface area (Å²) >= 11 is 0. The number of fused-ring (bicyclic) bond motifs is 4. The van der Waals surface area contributed by atoms with Crippen molar-refractivity contribution in [2.75, 3.05) is 7.05 Å². The second kappa shape index (κ2) is 5.83. The summed E-state index contributed by atoms with van der Waals surface area (Å²) in [5, 5.41) is 3.37. The Bertz CT molecular complexity index is 783. The molecular formula is C21H29N5. The Morgan fingerprint density at radius 2 is 1.88 bits per heavy atom. The normalized spacial score (nSPS) is 36.7. The summed E-state index contributed by atoms with van der Waals surface area (Å²) in [5.74, 6) is 0.835. The summed E-state index contributed by atoms with van der Waals surface area (Å²) < 4.78 is 0. The molecule has 26 heavy (non-hydrogen) atoms. The molecule has 0 saturated carbocycles. The van der Waals surface area contributed by atoms with Crippen molar-refractivity contribution < 1.29 is 0 Å². The molecular weight excluding hydrogens is 322 g/mol. The van der Waals surface area contributed by atoms with Crippen LogP contribution in [0.5, 0.6) is 0 Å². The van der Waals surface area contributed by atoms with E-state index in [9.17, 15) is 0 Å². The smallest absolute Gasteiger partial charge is 0.195 e. The van der Waals surface area contributed by atoms with E-state index in [-0.39, 0.29) is 0 Å². The van der Waals surface area contributed by atoms with Crippen LogP contribution in [0.4, 0.5) is 0 Å². The molecule has 0 spiro atoms. The number of nitrogens with zero attached hydrogens (tertiary/aromatic N) is 2. The van der Waals surface area contributed by atoms with Crippen molar-refractivity contribution in [1.29, 1.82) is 0 Å². The number of rotatable bonds is 1. The van der Waals surface area contributed by atoms with Crippen LogP contribution >= 0.6 is 0 Å². The van der Waals surface area contributed by atoms with Gasteiger partial charge < -0.3 is 21.7 Å². The summed E-state index contributed by atoms with van der Waals surface area (Å²) in [4.78, 5) is 7.40. The summed E-state index contributed by atoms with van der Waals surface area (Å²) in [6, 6.07) is 9.94. The number of hydrogen-bond acceptors (Lipinski definition) is 5. The number of nitrogens with two attached hydrogens (primary N) is 2. The molecule has 1 aromatic carbocycles. The average molecular weight is 351 g/mol. The number of aliphatic imine (C=N–C) groups is 1. The molecule has 0 radical (unpaired) electrons. The molecule has 138 valence electrons. The summed E-state index contributed by atoms with van der Waals surface area (Å²) in [6.45, 7) is 0. The van der Waals surface area contributed by atoms with Crippen LogP contribution in [0, 0.1) is 5.92 Å². The Balaban J connectivity index is 1.60. The molecule has 1 aliphatic carbocycles. The third kappa shape index (κ3) is 2.33. The second-order valence-electron chi connectivity index (χ2n) is 8.53. The Kier molecular flexibility index (Phi) is 3.66. The maximum absolute atomic E-state index is 7.12. The van der Waals surface area contributed by atoms with Gasteiger partial charge in [-0.2, -0.15) is 0 Å². The van der Waals surface area contributed by atoms with E-state index >= 15 is 0 Å². The maximum atomic E-state index is 7.12. The van der Waals surface area contributed by atoms with Crippen LogP contribution in [-0.2, 0) is 6.42 Å². The van der Waals surface area contributed by atoms with E-state index in [1.165, 1.54) is 29.5 Å². The molecule has 5 heteroatoms. The fourth-order valence-electron chi connectivity index (χ4n) is 5.80. The van der Waals surface area contributed by atoms with Gasteiger partial charge in [0.25, 0.3) is 0 Å². The van der Waals surface area contributed by atoms with Gasteiger partial charge >= 0.3 is 0 Å². The van der Waals surface area contributed by atoms with E-state index < -0.39 is 5.66 Å². The highest BCUT2D eigenvalue weighted by Gasteiger charge is 2.49. The second-order valence-corrected chi connectivity index (χ2v) is 8.53. The Morgan fingerprint density at radius 1 is 1.15 bits per heavy atom. The molecule has 4 atom stereocenters. The van der Waals surface area contributed by atoms with Gasteiger partial charge in [0.2, 0.25) is 0 Å². The number of benzene rings is 1. The van der Waals surface area contributed by atoms with Gasteiger partial charge in [0.15, 0.2) is 5.96 Å². The van der Waals surface area contributed by atoms with Crippen LogP contribution in [-0.4, -0.2) is 35.7 Å². The lowest BCUT2D eigenvalue weighted by Crippen LogP contribution is -2.57. The summed E-state index contributed by atoms with van der Waals surface area (Å²) in [6.07, 6.45) is 8.02. The Hall–Kier alpha value is -1.85. The van der Waals surface area contributed by atoms with Gasteiger partial charge in [-0.05, 0) is 63.1 Å². The largest absolute Gasteiger partial charge is 0.370 e. The first kappa shape index (κ1) is 16.3. The van der Waals surface area contributed by atoms with Crippen molar-refractivity contribution >= 4 is 11.7 Å². The SMILES string of the molecule is CN1[C@@H]2CC[C@H]1CC(C1(N)N=C(N)NC3=C1CCCc1ccccc13)C2. The van der Waals surface area contributed by atoms with E-state index in [2.05, 4.69) is 41.5 Å². The molecule has 5 N–H and O–H groups in total. The zero-order valence-electron chi connectivity index (χ0n) is 15.5. The minimum atomic E-state index is -0.662. The third-order valence-electron chi connectivity index (χ3n) is 7.22.